The molecule has 3 aromatic heterocycles. The van der Waals surface area contributed by atoms with Crippen LogP contribution in [0.25, 0.3) is 10.2 Å². The summed E-state index contributed by atoms with van der Waals surface area (Å²) in [5.74, 6) is 2.25. The number of hydrogen-bond acceptors (Lipinski definition) is 7. The van der Waals surface area contributed by atoms with E-state index in [1.54, 1.807) is 23.7 Å². The SMILES string of the molecule is C[C@H]1CCc2c(sc3nc([C@@H](C)N4CCN(c5ncccn5)CC4)[nH]c(=O)c23)C1. The molecule has 1 fully saturated rings. The van der Waals surface area contributed by atoms with E-state index in [0.717, 1.165) is 67.4 Å². The number of thiophene rings is 1. The van der Waals surface area contributed by atoms with Gasteiger partial charge >= 0.3 is 0 Å². The fraction of sp³-hybridized carbons (Fsp3) is 0.524. The van der Waals surface area contributed by atoms with Crippen LogP contribution in [0.5, 0.6) is 0 Å². The average Bonchev–Trinajstić information content (AvgIpc) is 3.11. The van der Waals surface area contributed by atoms with Crippen LogP contribution in [-0.4, -0.2) is 51.0 Å². The van der Waals surface area contributed by atoms with Crippen LogP contribution in [0.4, 0.5) is 5.95 Å². The molecule has 2 atom stereocenters. The molecule has 0 amide bonds. The highest BCUT2D eigenvalue weighted by atomic mass is 32.1. The fourth-order valence-corrected chi connectivity index (χ4v) is 5.89. The zero-order chi connectivity index (χ0) is 20.0. The molecule has 0 aromatic carbocycles. The number of aryl methyl sites for hydroxylation is 1. The molecule has 1 saturated heterocycles. The highest BCUT2D eigenvalue weighted by Gasteiger charge is 2.27. The molecule has 2 aliphatic rings. The number of fused-ring (bicyclic) bond motifs is 3. The van der Waals surface area contributed by atoms with Crippen LogP contribution in [0, 0.1) is 5.92 Å². The van der Waals surface area contributed by atoms with Gasteiger partial charge in [0.05, 0.1) is 11.4 Å². The third kappa shape index (κ3) is 3.44. The second-order valence-corrected chi connectivity index (χ2v) is 9.31. The van der Waals surface area contributed by atoms with Crippen LogP contribution in [0.3, 0.4) is 0 Å². The lowest BCUT2D eigenvalue weighted by Gasteiger charge is -2.37. The zero-order valence-corrected chi connectivity index (χ0v) is 17.7. The van der Waals surface area contributed by atoms with E-state index < -0.39 is 0 Å². The van der Waals surface area contributed by atoms with Crippen molar-refractivity contribution in [2.45, 2.75) is 39.2 Å². The van der Waals surface area contributed by atoms with Gasteiger partial charge in [-0.25, -0.2) is 15.0 Å². The first-order valence-corrected chi connectivity index (χ1v) is 11.2. The summed E-state index contributed by atoms with van der Waals surface area (Å²) >= 11 is 1.72. The van der Waals surface area contributed by atoms with E-state index in [1.165, 1.54) is 10.4 Å². The predicted octanol–water partition coefficient (Wildman–Crippen LogP) is 2.78. The van der Waals surface area contributed by atoms with E-state index in [2.05, 4.69) is 38.6 Å². The van der Waals surface area contributed by atoms with Crippen molar-refractivity contribution in [2.24, 2.45) is 5.92 Å². The zero-order valence-electron chi connectivity index (χ0n) is 16.9. The molecule has 3 aromatic rings. The lowest BCUT2D eigenvalue weighted by Crippen LogP contribution is -2.48. The summed E-state index contributed by atoms with van der Waals surface area (Å²) in [6.07, 6.45) is 6.79. The summed E-state index contributed by atoms with van der Waals surface area (Å²) in [7, 11) is 0. The Balaban J connectivity index is 1.36. The summed E-state index contributed by atoms with van der Waals surface area (Å²) in [6.45, 7) is 7.93. The van der Waals surface area contributed by atoms with Crippen molar-refractivity contribution in [3.05, 3.63) is 45.1 Å². The Bertz CT molecular complexity index is 1070. The van der Waals surface area contributed by atoms with Crippen LogP contribution >= 0.6 is 11.3 Å². The minimum Gasteiger partial charge on any atom is -0.338 e. The van der Waals surface area contributed by atoms with Gasteiger partial charge in [-0.15, -0.1) is 11.3 Å². The molecule has 8 heteroatoms. The van der Waals surface area contributed by atoms with Crippen molar-refractivity contribution in [3.8, 4) is 0 Å². The second kappa shape index (κ2) is 7.50. The van der Waals surface area contributed by atoms with Crippen LogP contribution < -0.4 is 10.5 Å². The number of piperazine rings is 1. The van der Waals surface area contributed by atoms with Crippen molar-refractivity contribution in [1.29, 1.82) is 0 Å². The van der Waals surface area contributed by atoms with Gasteiger partial charge in [-0.3, -0.25) is 9.69 Å². The van der Waals surface area contributed by atoms with E-state index in [-0.39, 0.29) is 11.6 Å². The Hall–Kier alpha value is -2.32. The van der Waals surface area contributed by atoms with Crippen LogP contribution in [0.1, 0.15) is 42.6 Å². The van der Waals surface area contributed by atoms with E-state index in [1.807, 2.05) is 6.07 Å². The number of nitrogens with one attached hydrogen (secondary N) is 1. The second-order valence-electron chi connectivity index (χ2n) is 8.23. The normalized spacial score (nSPS) is 21.3. The highest BCUT2D eigenvalue weighted by molar-refractivity contribution is 7.18. The summed E-state index contributed by atoms with van der Waals surface area (Å²) < 4.78 is 0. The van der Waals surface area contributed by atoms with E-state index >= 15 is 0 Å². The molecule has 0 spiro atoms. The first kappa shape index (κ1) is 18.7. The minimum atomic E-state index is 0.0280. The quantitative estimate of drug-likeness (QED) is 0.715. The molecule has 0 saturated carbocycles. The smallest absolute Gasteiger partial charge is 0.259 e. The first-order chi connectivity index (χ1) is 14.1. The Kier molecular flexibility index (Phi) is 4.83. The number of H-pyrrole nitrogens is 1. The number of nitrogens with zero attached hydrogens (tertiary/aromatic N) is 5. The predicted molar refractivity (Wildman–Crippen MR) is 116 cm³/mol. The van der Waals surface area contributed by atoms with Crippen molar-refractivity contribution >= 4 is 27.5 Å². The maximum Gasteiger partial charge on any atom is 0.259 e. The fourth-order valence-electron chi connectivity index (χ4n) is 4.50. The third-order valence-corrected chi connectivity index (χ3v) is 7.42. The van der Waals surface area contributed by atoms with E-state index in [0.29, 0.717) is 5.92 Å². The van der Waals surface area contributed by atoms with Crippen molar-refractivity contribution in [2.75, 3.05) is 31.1 Å². The van der Waals surface area contributed by atoms with E-state index in [9.17, 15) is 4.79 Å². The molecular weight excluding hydrogens is 384 g/mol. The standard InChI is InChI=1S/C21H26N6OS/c1-13-4-5-15-16(12-13)29-20-17(15)19(28)24-18(25-20)14(2)26-8-10-27(11-9-26)21-22-6-3-7-23-21/h3,6-7,13-14H,4-5,8-12H2,1-2H3,(H,24,25,28)/t13-,14+/m0/s1. The van der Waals surface area contributed by atoms with E-state index in [4.69, 9.17) is 4.98 Å². The van der Waals surface area contributed by atoms with Crippen molar-refractivity contribution in [1.82, 2.24) is 24.8 Å². The molecular formula is C21H26N6OS. The minimum absolute atomic E-state index is 0.0280. The van der Waals surface area contributed by atoms with Crippen LogP contribution in [0.15, 0.2) is 23.3 Å². The Labute approximate surface area is 173 Å². The van der Waals surface area contributed by atoms with Gasteiger partial charge in [-0.1, -0.05) is 6.92 Å². The first-order valence-electron chi connectivity index (χ1n) is 10.4. The van der Waals surface area contributed by atoms with Gasteiger partial charge in [0.2, 0.25) is 5.95 Å². The molecule has 0 bridgehead atoms. The van der Waals surface area contributed by atoms with Gasteiger partial charge in [0.1, 0.15) is 10.7 Å². The molecule has 4 heterocycles. The largest absolute Gasteiger partial charge is 0.338 e. The summed E-state index contributed by atoms with van der Waals surface area (Å²) in [4.78, 5) is 36.5. The summed E-state index contributed by atoms with van der Waals surface area (Å²) in [5, 5.41) is 0.832. The Morgan fingerprint density at radius 3 is 2.72 bits per heavy atom. The molecule has 0 unspecified atom stereocenters. The summed E-state index contributed by atoms with van der Waals surface area (Å²) in [6, 6.07) is 1.91. The molecule has 0 radical (unpaired) electrons. The molecule has 29 heavy (non-hydrogen) atoms. The molecule has 1 aliphatic heterocycles. The average molecular weight is 411 g/mol. The number of hydrogen-bond donors (Lipinski definition) is 1. The lowest BCUT2D eigenvalue weighted by molar-refractivity contribution is 0.191. The third-order valence-electron chi connectivity index (χ3n) is 6.28. The Morgan fingerprint density at radius 2 is 1.97 bits per heavy atom. The highest BCUT2D eigenvalue weighted by Crippen LogP contribution is 2.36. The molecule has 7 nitrogen and oxygen atoms in total. The maximum absolute atomic E-state index is 12.9. The molecule has 5 rings (SSSR count). The van der Waals surface area contributed by atoms with Gasteiger partial charge in [-0.05, 0) is 43.7 Å². The number of rotatable bonds is 3. The van der Waals surface area contributed by atoms with Crippen LogP contribution in [-0.2, 0) is 12.8 Å². The monoisotopic (exact) mass is 410 g/mol. The Morgan fingerprint density at radius 1 is 1.21 bits per heavy atom. The van der Waals surface area contributed by atoms with Gasteiger partial charge in [0.25, 0.3) is 5.56 Å². The molecule has 1 aliphatic carbocycles. The van der Waals surface area contributed by atoms with Gasteiger partial charge in [-0.2, -0.15) is 0 Å². The number of anilines is 1. The number of aromatic amines is 1. The molecule has 1 N–H and O–H groups in total. The lowest BCUT2D eigenvalue weighted by atomic mass is 9.89. The van der Waals surface area contributed by atoms with Crippen LogP contribution in [0.2, 0.25) is 0 Å². The summed E-state index contributed by atoms with van der Waals surface area (Å²) in [5.41, 5.74) is 1.27. The van der Waals surface area contributed by atoms with Crippen molar-refractivity contribution in [3.63, 3.8) is 0 Å². The molecule has 152 valence electrons. The maximum atomic E-state index is 12.9. The number of aromatic nitrogens is 4. The van der Waals surface area contributed by atoms with Gasteiger partial charge in [0.15, 0.2) is 0 Å². The van der Waals surface area contributed by atoms with Crippen molar-refractivity contribution < 1.29 is 0 Å². The van der Waals surface area contributed by atoms with Gasteiger partial charge in [0, 0.05) is 43.4 Å². The topological polar surface area (TPSA) is 78.0 Å². The van der Waals surface area contributed by atoms with Gasteiger partial charge < -0.3 is 9.88 Å².